The van der Waals surface area contributed by atoms with E-state index in [0.717, 1.165) is 25.1 Å². The number of piperidine rings is 1. The van der Waals surface area contributed by atoms with Crippen LogP contribution in [-0.2, 0) is 9.59 Å². The summed E-state index contributed by atoms with van der Waals surface area (Å²) < 4.78 is 0. The van der Waals surface area contributed by atoms with Gasteiger partial charge in [0.2, 0.25) is 5.91 Å². The normalized spacial score (nSPS) is 25.4. The number of carboxylic acids is 1. The van der Waals surface area contributed by atoms with Gasteiger partial charge < -0.3 is 15.7 Å². The molecule has 3 atom stereocenters. The first-order valence-corrected chi connectivity index (χ1v) is 7.69. The highest BCUT2D eigenvalue weighted by Crippen LogP contribution is 2.15. The molecule has 0 bridgehead atoms. The van der Waals surface area contributed by atoms with Crippen LogP contribution in [0.1, 0.15) is 26.2 Å². The van der Waals surface area contributed by atoms with Gasteiger partial charge in [0.05, 0.1) is 6.04 Å². The third-order valence-corrected chi connectivity index (χ3v) is 3.85. The molecule has 0 aliphatic carbocycles. The first-order chi connectivity index (χ1) is 8.54. The second kappa shape index (κ2) is 7.63. The average molecular weight is 274 g/mol. The molecule has 0 aromatic heterocycles. The van der Waals surface area contributed by atoms with Crippen molar-refractivity contribution in [1.29, 1.82) is 0 Å². The highest BCUT2D eigenvalue weighted by Gasteiger charge is 2.28. The molecule has 1 aliphatic rings. The van der Waals surface area contributed by atoms with E-state index in [4.69, 9.17) is 5.11 Å². The molecule has 0 aromatic carbocycles. The number of rotatable bonds is 6. The maximum atomic E-state index is 12.0. The average Bonchev–Trinajstić information content (AvgIpc) is 2.33. The van der Waals surface area contributed by atoms with Gasteiger partial charge >= 0.3 is 5.97 Å². The predicted octanol–water partition coefficient (Wildman–Crippen LogP) is 0.697. The molecule has 1 fully saturated rings. The van der Waals surface area contributed by atoms with Crippen molar-refractivity contribution in [2.75, 3.05) is 18.6 Å². The molecule has 1 aliphatic heterocycles. The summed E-state index contributed by atoms with van der Waals surface area (Å²) in [6.07, 6.45) is 4.23. The van der Waals surface area contributed by atoms with Crippen LogP contribution in [0.2, 0.25) is 0 Å². The lowest BCUT2D eigenvalue weighted by molar-refractivity contribution is -0.142. The van der Waals surface area contributed by atoms with Crippen molar-refractivity contribution >= 4 is 23.6 Å². The second-order valence-electron chi connectivity index (χ2n) is 4.82. The van der Waals surface area contributed by atoms with Crippen molar-refractivity contribution < 1.29 is 14.7 Å². The lowest BCUT2D eigenvalue weighted by Crippen LogP contribution is -2.52. The third kappa shape index (κ3) is 4.86. The van der Waals surface area contributed by atoms with Gasteiger partial charge in [0.25, 0.3) is 0 Å². The lowest BCUT2D eigenvalue weighted by atomic mass is 9.94. The van der Waals surface area contributed by atoms with Gasteiger partial charge in [-0.3, -0.25) is 4.79 Å². The number of nitrogens with one attached hydrogen (secondary N) is 2. The highest BCUT2D eigenvalue weighted by molar-refractivity contribution is 7.98. The molecule has 5 nitrogen and oxygen atoms in total. The van der Waals surface area contributed by atoms with E-state index < -0.39 is 12.0 Å². The van der Waals surface area contributed by atoms with Crippen LogP contribution < -0.4 is 10.6 Å². The van der Waals surface area contributed by atoms with E-state index >= 15 is 0 Å². The Morgan fingerprint density at radius 1 is 1.56 bits per heavy atom. The molecule has 1 rings (SSSR count). The summed E-state index contributed by atoms with van der Waals surface area (Å²) in [5, 5.41) is 14.8. The fraction of sp³-hybridized carbons (Fsp3) is 0.833. The fourth-order valence-electron chi connectivity index (χ4n) is 2.07. The van der Waals surface area contributed by atoms with E-state index in [2.05, 4.69) is 17.6 Å². The molecule has 3 N–H and O–H groups in total. The quantitative estimate of drug-likeness (QED) is 0.664. The Kier molecular flexibility index (Phi) is 6.49. The molecule has 1 heterocycles. The summed E-state index contributed by atoms with van der Waals surface area (Å²) in [6.45, 7) is 2.94. The SMILES string of the molecule is CSCC[C@@H](NC(=O)C1CC(C)CCN1)C(=O)O. The van der Waals surface area contributed by atoms with Gasteiger partial charge in [0.1, 0.15) is 6.04 Å². The largest absolute Gasteiger partial charge is 0.480 e. The van der Waals surface area contributed by atoms with Crippen molar-refractivity contribution in [2.24, 2.45) is 5.92 Å². The van der Waals surface area contributed by atoms with Gasteiger partial charge in [-0.15, -0.1) is 0 Å². The number of carbonyl (C=O) groups is 2. The zero-order valence-corrected chi connectivity index (χ0v) is 11.8. The maximum absolute atomic E-state index is 12.0. The summed E-state index contributed by atoms with van der Waals surface area (Å²) in [6, 6.07) is -1.02. The molecule has 104 valence electrons. The predicted molar refractivity (Wildman–Crippen MR) is 72.8 cm³/mol. The third-order valence-electron chi connectivity index (χ3n) is 3.21. The molecule has 0 spiro atoms. The van der Waals surface area contributed by atoms with E-state index in [1.54, 1.807) is 11.8 Å². The summed E-state index contributed by atoms with van der Waals surface area (Å²) in [4.78, 5) is 23.0. The summed E-state index contributed by atoms with van der Waals surface area (Å²) in [5.41, 5.74) is 0. The fourth-order valence-corrected chi connectivity index (χ4v) is 2.54. The topological polar surface area (TPSA) is 78.4 Å². The molecular weight excluding hydrogens is 252 g/mol. The monoisotopic (exact) mass is 274 g/mol. The second-order valence-corrected chi connectivity index (χ2v) is 5.80. The van der Waals surface area contributed by atoms with Gasteiger partial charge in [-0.05, 0) is 43.7 Å². The molecule has 0 radical (unpaired) electrons. The minimum atomic E-state index is -0.957. The number of carboxylic acid groups (broad SMARTS) is 1. The van der Waals surface area contributed by atoms with Crippen LogP contribution in [0.25, 0.3) is 0 Å². The van der Waals surface area contributed by atoms with Crippen LogP contribution in [0.15, 0.2) is 0 Å². The van der Waals surface area contributed by atoms with Gasteiger partial charge in [-0.1, -0.05) is 6.92 Å². The smallest absolute Gasteiger partial charge is 0.326 e. The summed E-state index contributed by atoms with van der Waals surface area (Å²) >= 11 is 1.58. The zero-order valence-electron chi connectivity index (χ0n) is 10.9. The Morgan fingerprint density at radius 2 is 2.28 bits per heavy atom. The molecule has 1 amide bonds. The number of hydrogen-bond donors (Lipinski definition) is 3. The number of hydrogen-bond acceptors (Lipinski definition) is 4. The Hall–Kier alpha value is -0.750. The molecule has 0 saturated carbocycles. The van der Waals surface area contributed by atoms with E-state index in [-0.39, 0.29) is 11.9 Å². The van der Waals surface area contributed by atoms with Crippen molar-refractivity contribution in [1.82, 2.24) is 10.6 Å². The van der Waals surface area contributed by atoms with Crippen LogP contribution in [0.4, 0.5) is 0 Å². The maximum Gasteiger partial charge on any atom is 0.326 e. The summed E-state index contributed by atoms with van der Waals surface area (Å²) in [7, 11) is 0. The van der Waals surface area contributed by atoms with Crippen LogP contribution in [0, 0.1) is 5.92 Å². The summed E-state index contributed by atoms with van der Waals surface area (Å²) in [5.74, 6) is 0.0962. The van der Waals surface area contributed by atoms with Crippen molar-refractivity contribution in [2.45, 2.75) is 38.3 Å². The molecular formula is C12H22N2O3S. The van der Waals surface area contributed by atoms with E-state index in [1.165, 1.54) is 0 Å². The van der Waals surface area contributed by atoms with Crippen LogP contribution in [0.5, 0.6) is 0 Å². The van der Waals surface area contributed by atoms with Crippen molar-refractivity contribution in [3.8, 4) is 0 Å². The Labute approximate surface area is 112 Å². The van der Waals surface area contributed by atoms with Gasteiger partial charge in [-0.25, -0.2) is 4.79 Å². The van der Waals surface area contributed by atoms with Gasteiger partial charge in [-0.2, -0.15) is 11.8 Å². The molecule has 2 unspecified atom stereocenters. The lowest BCUT2D eigenvalue weighted by Gasteiger charge is -2.28. The van der Waals surface area contributed by atoms with Crippen LogP contribution >= 0.6 is 11.8 Å². The van der Waals surface area contributed by atoms with Crippen LogP contribution in [-0.4, -0.2) is 47.6 Å². The van der Waals surface area contributed by atoms with E-state index in [0.29, 0.717) is 12.3 Å². The Bertz CT molecular complexity index is 299. The zero-order chi connectivity index (χ0) is 13.5. The Balaban J connectivity index is 2.46. The first-order valence-electron chi connectivity index (χ1n) is 6.30. The molecule has 18 heavy (non-hydrogen) atoms. The van der Waals surface area contributed by atoms with E-state index in [9.17, 15) is 9.59 Å². The minimum Gasteiger partial charge on any atom is -0.480 e. The van der Waals surface area contributed by atoms with E-state index in [1.807, 2.05) is 6.26 Å². The van der Waals surface area contributed by atoms with Gasteiger partial charge in [0, 0.05) is 0 Å². The molecule has 6 heteroatoms. The van der Waals surface area contributed by atoms with Gasteiger partial charge in [0.15, 0.2) is 0 Å². The van der Waals surface area contributed by atoms with Crippen molar-refractivity contribution in [3.05, 3.63) is 0 Å². The first kappa shape index (κ1) is 15.3. The highest BCUT2D eigenvalue weighted by atomic mass is 32.2. The Morgan fingerprint density at radius 3 is 2.83 bits per heavy atom. The van der Waals surface area contributed by atoms with Crippen molar-refractivity contribution in [3.63, 3.8) is 0 Å². The standard InChI is InChI=1S/C12H22N2O3S/c1-8-3-5-13-10(7-8)11(15)14-9(12(16)17)4-6-18-2/h8-10,13H,3-7H2,1-2H3,(H,14,15)(H,16,17)/t8?,9-,10?/m1/s1. The number of thioether (sulfide) groups is 1. The number of amides is 1. The number of aliphatic carboxylic acids is 1. The molecule has 0 aromatic rings. The van der Waals surface area contributed by atoms with Crippen LogP contribution in [0.3, 0.4) is 0 Å². The molecule has 1 saturated heterocycles. The number of carbonyl (C=O) groups excluding carboxylic acids is 1. The minimum absolute atomic E-state index is 0.185.